The van der Waals surface area contributed by atoms with E-state index in [1.54, 1.807) is 12.1 Å². The average molecular weight is 488 g/mol. The van der Waals surface area contributed by atoms with Crippen molar-refractivity contribution < 1.29 is 24.1 Å². The summed E-state index contributed by atoms with van der Waals surface area (Å²) in [7, 11) is 0. The van der Waals surface area contributed by atoms with Crippen molar-refractivity contribution in [2.24, 2.45) is 0 Å². The monoisotopic (exact) mass is 487 g/mol. The molecule has 0 aromatic heterocycles. The average Bonchev–Trinajstić information content (AvgIpc) is 2.83. The molecule has 0 saturated heterocycles. The molecule has 3 aromatic rings. The van der Waals surface area contributed by atoms with Crippen LogP contribution in [0.3, 0.4) is 0 Å². The second-order valence-electron chi connectivity index (χ2n) is 8.04. The van der Waals surface area contributed by atoms with Crippen LogP contribution in [0.15, 0.2) is 72.8 Å². The number of ether oxygens (including phenoxy) is 1. The summed E-state index contributed by atoms with van der Waals surface area (Å²) in [4.78, 5) is 11.4. The molecule has 0 radical (unpaired) electrons. The molecule has 0 spiro atoms. The van der Waals surface area contributed by atoms with Crippen LogP contribution in [0.4, 0.5) is 4.39 Å². The molecule has 3 N–H and O–H groups in total. The zero-order chi connectivity index (χ0) is 23.6. The van der Waals surface area contributed by atoms with Crippen molar-refractivity contribution in [3.8, 4) is 16.9 Å². The standard InChI is InChI=1S/C27H30FNO4.ClH/c1-19(29-18-25(30)22-6-3-2-4-7-22)16-20-8-10-21(11-9-20)23-12-13-24(27(31)32)26(17-23)33-15-5-14-28;/h2-4,6-13,17,19,25,29-30H,5,14-16,18H2,1H3,(H,31,32);1H/t19-,25+;/m1./s1. The van der Waals surface area contributed by atoms with Crippen molar-refractivity contribution in [2.45, 2.75) is 31.9 Å². The highest BCUT2D eigenvalue weighted by molar-refractivity contribution is 5.92. The molecule has 0 heterocycles. The van der Waals surface area contributed by atoms with E-state index in [0.29, 0.717) is 6.54 Å². The molecule has 0 fully saturated rings. The van der Waals surface area contributed by atoms with Crippen LogP contribution in [-0.4, -0.2) is 42.1 Å². The van der Waals surface area contributed by atoms with E-state index >= 15 is 0 Å². The number of hydrogen-bond acceptors (Lipinski definition) is 4. The van der Waals surface area contributed by atoms with E-state index in [1.807, 2.05) is 54.6 Å². The zero-order valence-electron chi connectivity index (χ0n) is 19.1. The van der Waals surface area contributed by atoms with Crippen LogP contribution in [0.1, 0.15) is 40.9 Å². The van der Waals surface area contributed by atoms with Crippen LogP contribution in [0, 0.1) is 0 Å². The number of benzene rings is 3. The van der Waals surface area contributed by atoms with E-state index < -0.39 is 18.7 Å². The van der Waals surface area contributed by atoms with E-state index in [9.17, 15) is 19.4 Å². The number of rotatable bonds is 12. The second kappa shape index (κ2) is 13.7. The first-order valence-corrected chi connectivity index (χ1v) is 11.1. The van der Waals surface area contributed by atoms with Gasteiger partial charge >= 0.3 is 5.97 Å². The van der Waals surface area contributed by atoms with E-state index in [2.05, 4.69) is 12.2 Å². The second-order valence-corrected chi connectivity index (χ2v) is 8.04. The van der Waals surface area contributed by atoms with Gasteiger partial charge in [0.1, 0.15) is 11.3 Å². The molecule has 0 aliphatic heterocycles. The normalized spacial score (nSPS) is 12.4. The van der Waals surface area contributed by atoms with Crippen LogP contribution in [-0.2, 0) is 6.42 Å². The van der Waals surface area contributed by atoms with Gasteiger partial charge < -0.3 is 20.3 Å². The van der Waals surface area contributed by atoms with Gasteiger partial charge in [0, 0.05) is 19.0 Å². The maximum absolute atomic E-state index is 12.4. The number of aromatic carboxylic acids is 1. The number of alkyl halides is 1. The van der Waals surface area contributed by atoms with Gasteiger partial charge in [-0.25, -0.2) is 4.79 Å². The van der Waals surface area contributed by atoms with Crippen LogP contribution in [0.2, 0.25) is 0 Å². The molecule has 3 rings (SSSR count). The van der Waals surface area contributed by atoms with Gasteiger partial charge in [-0.05, 0) is 47.7 Å². The van der Waals surface area contributed by atoms with Gasteiger partial charge in [0.25, 0.3) is 0 Å². The third kappa shape index (κ3) is 7.83. The predicted molar refractivity (Wildman–Crippen MR) is 135 cm³/mol. The summed E-state index contributed by atoms with van der Waals surface area (Å²) in [6.07, 6.45) is 0.468. The Bertz CT molecular complexity index is 1030. The van der Waals surface area contributed by atoms with Crippen LogP contribution in [0.5, 0.6) is 5.75 Å². The predicted octanol–water partition coefficient (Wildman–Crippen LogP) is 5.47. The maximum Gasteiger partial charge on any atom is 0.339 e. The fraction of sp³-hybridized carbons (Fsp3) is 0.296. The number of carbonyl (C=O) groups is 1. The molecule has 0 unspecified atom stereocenters. The number of halogens is 2. The van der Waals surface area contributed by atoms with Gasteiger partial charge in [0.05, 0.1) is 19.4 Å². The SMILES string of the molecule is C[C@H](Cc1ccc(-c2ccc(C(=O)O)c(OCCCF)c2)cc1)NC[C@H](O)c1ccccc1.Cl. The Morgan fingerprint density at radius 3 is 2.35 bits per heavy atom. The van der Waals surface area contributed by atoms with Crippen molar-refractivity contribution in [1.29, 1.82) is 0 Å². The largest absolute Gasteiger partial charge is 0.493 e. The lowest BCUT2D eigenvalue weighted by Crippen LogP contribution is -2.32. The van der Waals surface area contributed by atoms with E-state index in [0.717, 1.165) is 28.7 Å². The van der Waals surface area contributed by atoms with Crippen molar-refractivity contribution in [3.63, 3.8) is 0 Å². The first-order valence-electron chi connectivity index (χ1n) is 11.1. The van der Waals surface area contributed by atoms with Gasteiger partial charge in [-0.1, -0.05) is 60.7 Å². The molecule has 0 aliphatic carbocycles. The Labute approximate surface area is 206 Å². The lowest BCUT2D eigenvalue weighted by atomic mass is 9.99. The van der Waals surface area contributed by atoms with Crippen LogP contribution >= 0.6 is 12.4 Å². The first kappa shape index (κ1) is 27.3. The van der Waals surface area contributed by atoms with Crippen LogP contribution < -0.4 is 10.1 Å². The summed E-state index contributed by atoms with van der Waals surface area (Å²) in [5.74, 6) is -0.835. The van der Waals surface area contributed by atoms with Crippen molar-refractivity contribution in [3.05, 3.63) is 89.5 Å². The molecule has 2 atom stereocenters. The molecule has 3 aromatic carbocycles. The van der Waals surface area contributed by atoms with Crippen LogP contribution in [0.25, 0.3) is 11.1 Å². The minimum absolute atomic E-state index is 0. The molecule has 182 valence electrons. The maximum atomic E-state index is 12.4. The van der Waals surface area contributed by atoms with Gasteiger partial charge in [-0.3, -0.25) is 4.39 Å². The fourth-order valence-electron chi connectivity index (χ4n) is 3.60. The lowest BCUT2D eigenvalue weighted by Gasteiger charge is -2.18. The Kier molecular flexibility index (Phi) is 11.0. The Hall–Kier alpha value is -2.93. The van der Waals surface area contributed by atoms with Gasteiger partial charge in [0.15, 0.2) is 0 Å². The molecule has 0 saturated carbocycles. The Balaban J connectivity index is 0.00000408. The zero-order valence-corrected chi connectivity index (χ0v) is 19.9. The highest BCUT2D eigenvalue weighted by Crippen LogP contribution is 2.28. The molecular weight excluding hydrogens is 457 g/mol. The molecule has 0 aliphatic rings. The molecular formula is C27H31ClFNO4. The summed E-state index contributed by atoms with van der Waals surface area (Å²) in [6, 6.07) is 22.8. The van der Waals surface area contributed by atoms with E-state index in [4.69, 9.17) is 4.74 Å². The summed E-state index contributed by atoms with van der Waals surface area (Å²) in [6.45, 7) is 2.17. The van der Waals surface area contributed by atoms with E-state index in [1.165, 1.54) is 6.07 Å². The number of nitrogens with one attached hydrogen (secondary N) is 1. The minimum Gasteiger partial charge on any atom is -0.493 e. The number of hydrogen-bond donors (Lipinski definition) is 3. The lowest BCUT2D eigenvalue weighted by molar-refractivity contribution is 0.0692. The minimum atomic E-state index is -1.08. The highest BCUT2D eigenvalue weighted by atomic mass is 35.5. The smallest absolute Gasteiger partial charge is 0.339 e. The Morgan fingerprint density at radius 2 is 1.71 bits per heavy atom. The summed E-state index contributed by atoms with van der Waals surface area (Å²) in [5.41, 5.74) is 3.87. The number of carboxylic acid groups (broad SMARTS) is 1. The molecule has 0 amide bonds. The third-order valence-corrected chi connectivity index (χ3v) is 5.42. The molecule has 5 nitrogen and oxygen atoms in total. The van der Waals surface area contributed by atoms with E-state index in [-0.39, 0.29) is 42.8 Å². The van der Waals surface area contributed by atoms with Gasteiger partial charge in [0.2, 0.25) is 0 Å². The quantitative estimate of drug-likeness (QED) is 0.295. The van der Waals surface area contributed by atoms with Gasteiger partial charge in [-0.15, -0.1) is 12.4 Å². The summed E-state index contributed by atoms with van der Waals surface area (Å²) >= 11 is 0. The van der Waals surface area contributed by atoms with Crippen molar-refractivity contribution in [1.82, 2.24) is 5.32 Å². The fourth-order valence-corrected chi connectivity index (χ4v) is 3.60. The van der Waals surface area contributed by atoms with Crippen molar-refractivity contribution in [2.75, 3.05) is 19.8 Å². The molecule has 34 heavy (non-hydrogen) atoms. The van der Waals surface area contributed by atoms with Gasteiger partial charge in [-0.2, -0.15) is 0 Å². The summed E-state index contributed by atoms with van der Waals surface area (Å²) < 4.78 is 17.9. The molecule has 7 heteroatoms. The van der Waals surface area contributed by atoms with Crippen molar-refractivity contribution >= 4 is 18.4 Å². The number of aliphatic hydroxyl groups excluding tert-OH is 1. The highest BCUT2D eigenvalue weighted by Gasteiger charge is 2.14. The Morgan fingerprint density at radius 1 is 1.03 bits per heavy atom. The first-order chi connectivity index (χ1) is 16.0. The topological polar surface area (TPSA) is 78.8 Å². The molecule has 0 bridgehead atoms. The number of carboxylic acids is 1. The third-order valence-electron chi connectivity index (χ3n) is 5.42. The number of aliphatic hydroxyl groups is 1. The summed E-state index contributed by atoms with van der Waals surface area (Å²) in [5, 5.41) is 23.1.